The largest absolute Gasteiger partial charge is 0.337 e. The smallest absolute Gasteiger partial charge is 0.244 e. The molecule has 0 saturated carbocycles. The fraction of sp³-hybridized carbons (Fsp3) is 0.417. The van der Waals surface area contributed by atoms with Crippen molar-refractivity contribution < 1.29 is 4.52 Å². The highest BCUT2D eigenvalue weighted by atomic mass is 16.5. The van der Waals surface area contributed by atoms with Crippen molar-refractivity contribution in [1.29, 1.82) is 0 Å². The summed E-state index contributed by atoms with van der Waals surface area (Å²) in [6, 6.07) is 6.00. The Morgan fingerprint density at radius 2 is 2.29 bits per heavy atom. The number of nitrogens with one attached hydrogen (secondary N) is 1. The van der Waals surface area contributed by atoms with E-state index in [0.717, 1.165) is 30.8 Å². The molecule has 1 N–H and O–H groups in total. The van der Waals surface area contributed by atoms with Gasteiger partial charge in [-0.05, 0) is 38.4 Å². The first-order chi connectivity index (χ1) is 8.33. The van der Waals surface area contributed by atoms with Crippen LogP contribution in [0.25, 0.3) is 11.5 Å². The van der Waals surface area contributed by atoms with Gasteiger partial charge in [0.15, 0.2) is 0 Å². The van der Waals surface area contributed by atoms with E-state index in [9.17, 15) is 0 Å². The Morgan fingerprint density at radius 3 is 3.06 bits per heavy atom. The number of hydrogen-bond acceptors (Lipinski definition) is 5. The fourth-order valence-electron chi connectivity index (χ4n) is 2.04. The second-order valence-electron chi connectivity index (χ2n) is 4.27. The SMILES string of the molecule is Cc1cccc(-c2noc([C@@H]3CCCN3)n2)n1. The van der Waals surface area contributed by atoms with E-state index in [2.05, 4.69) is 20.4 Å². The summed E-state index contributed by atoms with van der Waals surface area (Å²) in [5.41, 5.74) is 1.71. The van der Waals surface area contributed by atoms with Crippen molar-refractivity contribution in [2.45, 2.75) is 25.8 Å². The Kier molecular flexibility index (Phi) is 2.60. The summed E-state index contributed by atoms with van der Waals surface area (Å²) in [7, 11) is 0. The van der Waals surface area contributed by atoms with Crippen molar-refractivity contribution in [1.82, 2.24) is 20.4 Å². The molecule has 0 aliphatic carbocycles. The Hall–Kier alpha value is -1.75. The van der Waals surface area contributed by atoms with E-state index in [1.165, 1.54) is 0 Å². The van der Waals surface area contributed by atoms with Crippen molar-refractivity contribution in [3.8, 4) is 11.5 Å². The Balaban J connectivity index is 1.89. The molecule has 0 spiro atoms. The van der Waals surface area contributed by atoms with Gasteiger partial charge in [-0.2, -0.15) is 4.98 Å². The van der Waals surface area contributed by atoms with Gasteiger partial charge in [-0.15, -0.1) is 0 Å². The van der Waals surface area contributed by atoms with E-state index >= 15 is 0 Å². The van der Waals surface area contributed by atoms with E-state index in [1.54, 1.807) is 0 Å². The molecule has 1 atom stereocenters. The van der Waals surface area contributed by atoms with Crippen molar-refractivity contribution in [3.05, 3.63) is 29.8 Å². The summed E-state index contributed by atoms with van der Waals surface area (Å²) in [6.07, 6.45) is 2.22. The predicted octanol–water partition coefficient (Wildman–Crippen LogP) is 1.86. The second kappa shape index (κ2) is 4.25. The maximum absolute atomic E-state index is 5.28. The fourth-order valence-corrected chi connectivity index (χ4v) is 2.04. The van der Waals surface area contributed by atoms with Gasteiger partial charge in [-0.3, -0.25) is 0 Å². The molecule has 88 valence electrons. The molecule has 17 heavy (non-hydrogen) atoms. The first-order valence-electron chi connectivity index (χ1n) is 5.84. The van der Waals surface area contributed by atoms with Gasteiger partial charge in [0.05, 0.1) is 6.04 Å². The zero-order valence-corrected chi connectivity index (χ0v) is 9.68. The van der Waals surface area contributed by atoms with Crippen LogP contribution in [-0.2, 0) is 0 Å². The molecular weight excluding hydrogens is 216 g/mol. The molecule has 0 unspecified atom stereocenters. The third-order valence-electron chi connectivity index (χ3n) is 2.92. The molecule has 3 heterocycles. The average Bonchev–Trinajstić information content (AvgIpc) is 3.00. The molecule has 0 amide bonds. The summed E-state index contributed by atoms with van der Waals surface area (Å²) in [4.78, 5) is 8.78. The van der Waals surface area contributed by atoms with E-state index in [1.807, 2.05) is 25.1 Å². The van der Waals surface area contributed by atoms with Gasteiger partial charge in [-0.25, -0.2) is 4.98 Å². The van der Waals surface area contributed by atoms with Gasteiger partial charge < -0.3 is 9.84 Å². The molecule has 0 radical (unpaired) electrons. The molecule has 1 aliphatic rings. The standard InChI is InChI=1S/C12H14N4O/c1-8-4-2-5-9(14-8)11-15-12(17-16-11)10-6-3-7-13-10/h2,4-5,10,13H,3,6-7H2,1H3/t10-/m0/s1. The quantitative estimate of drug-likeness (QED) is 0.853. The van der Waals surface area contributed by atoms with Crippen LogP contribution in [0, 0.1) is 6.92 Å². The second-order valence-corrected chi connectivity index (χ2v) is 4.27. The first-order valence-corrected chi connectivity index (χ1v) is 5.84. The van der Waals surface area contributed by atoms with Crippen molar-refractivity contribution >= 4 is 0 Å². The maximum atomic E-state index is 5.28. The Morgan fingerprint density at radius 1 is 1.35 bits per heavy atom. The average molecular weight is 230 g/mol. The van der Waals surface area contributed by atoms with Crippen molar-refractivity contribution in [2.75, 3.05) is 6.54 Å². The predicted molar refractivity (Wildman–Crippen MR) is 62.2 cm³/mol. The summed E-state index contributed by atoms with van der Waals surface area (Å²) < 4.78 is 5.28. The van der Waals surface area contributed by atoms with E-state index in [0.29, 0.717) is 11.7 Å². The van der Waals surface area contributed by atoms with Crippen LogP contribution in [0.1, 0.15) is 30.5 Å². The lowest BCUT2D eigenvalue weighted by atomic mass is 10.2. The monoisotopic (exact) mass is 230 g/mol. The van der Waals surface area contributed by atoms with Crippen LogP contribution < -0.4 is 5.32 Å². The molecule has 2 aromatic heterocycles. The number of pyridine rings is 1. The highest BCUT2D eigenvalue weighted by Crippen LogP contribution is 2.23. The zero-order valence-electron chi connectivity index (χ0n) is 9.68. The number of nitrogens with zero attached hydrogens (tertiary/aromatic N) is 3. The molecule has 5 heteroatoms. The van der Waals surface area contributed by atoms with Crippen LogP contribution in [0.15, 0.2) is 22.7 Å². The van der Waals surface area contributed by atoms with E-state index in [-0.39, 0.29) is 6.04 Å². The number of aromatic nitrogens is 3. The van der Waals surface area contributed by atoms with Crippen LogP contribution in [0.2, 0.25) is 0 Å². The van der Waals surface area contributed by atoms with Gasteiger partial charge in [0.25, 0.3) is 0 Å². The van der Waals surface area contributed by atoms with Crippen LogP contribution in [-0.4, -0.2) is 21.7 Å². The van der Waals surface area contributed by atoms with Gasteiger partial charge in [0.1, 0.15) is 5.69 Å². The van der Waals surface area contributed by atoms with Crippen LogP contribution in [0.5, 0.6) is 0 Å². The molecule has 3 rings (SSSR count). The van der Waals surface area contributed by atoms with E-state index < -0.39 is 0 Å². The number of rotatable bonds is 2. The van der Waals surface area contributed by atoms with E-state index in [4.69, 9.17) is 4.52 Å². The van der Waals surface area contributed by atoms with Crippen LogP contribution in [0.4, 0.5) is 0 Å². The minimum atomic E-state index is 0.209. The lowest BCUT2D eigenvalue weighted by molar-refractivity contribution is 0.345. The summed E-state index contributed by atoms with van der Waals surface area (Å²) in [5.74, 6) is 1.23. The molecule has 1 aliphatic heterocycles. The third kappa shape index (κ3) is 2.06. The first kappa shape index (κ1) is 10.4. The molecule has 0 bridgehead atoms. The molecule has 0 aromatic carbocycles. The van der Waals surface area contributed by atoms with Gasteiger partial charge in [-0.1, -0.05) is 11.2 Å². The number of hydrogen-bond donors (Lipinski definition) is 1. The topological polar surface area (TPSA) is 63.8 Å². The molecular formula is C12H14N4O. The van der Waals surface area contributed by atoms with Crippen molar-refractivity contribution in [3.63, 3.8) is 0 Å². The van der Waals surface area contributed by atoms with Crippen molar-refractivity contribution in [2.24, 2.45) is 0 Å². The molecule has 5 nitrogen and oxygen atoms in total. The maximum Gasteiger partial charge on any atom is 0.244 e. The highest BCUT2D eigenvalue weighted by molar-refractivity contribution is 5.48. The third-order valence-corrected chi connectivity index (χ3v) is 2.92. The summed E-state index contributed by atoms with van der Waals surface area (Å²) >= 11 is 0. The lowest BCUT2D eigenvalue weighted by Gasteiger charge is -2.01. The van der Waals surface area contributed by atoms with Gasteiger partial charge >= 0.3 is 0 Å². The summed E-state index contributed by atoms with van der Waals surface area (Å²) in [5, 5.41) is 7.32. The normalized spacial score (nSPS) is 19.7. The number of aryl methyl sites for hydroxylation is 1. The Labute approximate surface area is 99.3 Å². The zero-order chi connectivity index (χ0) is 11.7. The lowest BCUT2D eigenvalue weighted by Crippen LogP contribution is -2.12. The Bertz CT molecular complexity index is 517. The van der Waals surface area contributed by atoms with Gasteiger partial charge in [0.2, 0.25) is 11.7 Å². The minimum Gasteiger partial charge on any atom is -0.337 e. The molecule has 1 saturated heterocycles. The van der Waals surface area contributed by atoms with Crippen LogP contribution >= 0.6 is 0 Å². The molecule has 2 aromatic rings. The minimum absolute atomic E-state index is 0.209. The summed E-state index contributed by atoms with van der Waals surface area (Å²) in [6.45, 7) is 2.97. The highest BCUT2D eigenvalue weighted by Gasteiger charge is 2.22. The van der Waals surface area contributed by atoms with Crippen LogP contribution in [0.3, 0.4) is 0 Å². The van der Waals surface area contributed by atoms with Gasteiger partial charge in [0, 0.05) is 5.69 Å². The molecule has 1 fully saturated rings.